The molecule has 0 aliphatic carbocycles. The third kappa shape index (κ3) is 4.01. The lowest BCUT2D eigenvalue weighted by molar-refractivity contribution is 0.0816. The maximum atomic E-state index is 9.61. The van der Waals surface area contributed by atoms with E-state index < -0.39 is 0 Å². The van der Waals surface area contributed by atoms with Gasteiger partial charge in [-0.2, -0.15) is 4.98 Å². The highest BCUT2D eigenvalue weighted by atomic mass is 16.5. The van der Waals surface area contributed by atoms with Crippen molar-refractivity contribution in [2.75, 3.05) is 30.4 Å². The monoisotopic (exact) mass is 397 g/mol. The molecule has 0 saturated carbocycles. The first kappa shape index (κ1) is 19.5. The summed E-state index contributed by atoms with van der Waals surface area (Å²) in [6.45, 7) is 5.78. The van der Waals surface area contributed by atoms with Gasteiger partial charge < -0.3 is 24.6 Å². The Hall–Kier alpha value is -2.78. The van der Waals surface area contributed by atoms with Gasteiger partial charge in [-0.25, -0.2) is 15.0 Å². The van der Waals surface area contributed by atoms with Crippen molar-refractivity contribution in [3.8, 4) is 0 Å². The number of fused-ring (bicyclic) bond motifs is 1. The zero-order valence-electron chi connectivity index (χ0n) is 17.0. The first-order chi connectivity index (χ1) is 14.1. The molecule has 0 radical (unpaired) electrons. The highest BCUT2D eigenvalue weighted by molar-refractivity contribution is 5.79. The number of ether oxygens (including phenoxy) is 1. The number of aliphatic hydroxyl groups is 1. The zero-order chi connectivity index (χ0) is 20.4. The van der Waals surface area contributed by atoms with E-state index in [-0.39, 0.29) is 12.6 Å². The summed E-state index contributed by atoms with van der Waals surface area (Å²) in [6, 6.07) is 3.95. The first-order valence-electron chi connectivity index (χ1n) is 9.94. The SMILES string of the molecule is COC1CCN(c2nccc(Nc3cc4c(cn3)nc(CO)n4C(C)C)n2)CC1. The smallest absolute Gasteiger partial charge is 0.227 e. The van der Waals surface area contributed by atoms with Crippen LogP contribution in [0.4, 0.5) is 17.6 Å². The molecule has 154 valence electrons. The number of rotatable bonds is 6. The normalized spacial score (nSPS) is 15.4. The molecule has 3 aromatic rings. The molecule has 4 rings (SSSR count). The van der Waals surface area contributed by atoms with Crippen LogP contribution in [0.3, 0.4) is 0 Å². The van der Waals surface area contributed by atoms with Crippen LogP contribution in [-0.2, 0) is 11.3 Å². The third-order valence-electron chi connectivity index (χ3n) is 5.26. The second-order valence-corrected chi connectivity index (χ2v) is 7.50. The minimum atomic E-state index is -0.106. The van der Waals surface area contributed by atoms with Crippen molar-refractivity contribution in [2.45, 2.75) is 45.4 Å². The number of methoxy groups -OCH3 is 1. The van der Waals surface area contributed by atoms with Gasteiger partial charge in [-0.05, 0) is 32.8 Å². The molecule has 9 heteroatoms. The van der Waals surface area contributed by atoms with Crippen LogP contribution in [0.5, 0.6) is 0 Å². The van der Waals surface area contributed by atoms with Crippen LogP contribution in [0.15, 0.2) is 24.5 Å². The summed E-state index contributed by atoms with van der Waals surface area (Å²) in [6.07, 6.45) is 5.74. The van der Waals surface area contributed by atoms with E-state index in [9.17, 15) is 5.11 Å². The fourth-order valence-corrected chi connectivity index (χ4v) is 3.80. The van der Waals surface area contributed by atoms with Crippen LogP contribution < -0.4 is 10.2 Å². The average molecular weight is 397 g/mol. The van der Waals surface area contributed by atoms with Gasteiger partial charge in [-0.1, -0.05) is 0 Å². The lowest BCUT2D eigenvalue weighted by Crippen LogP contribution is -2.37. The summed E-state index contributed by atoms with van der Waals surface area (Å²) in [5, 5.41) is 12.9. The Morgan fingerprint density at radius 1 is 1.21 bits per heavy atom. The lowest BCUT2D eigenvalue weighted by atomic mass is 10.1. The van der Waals surface area contributed by atoms with Crippen molar-refractivity contribution in [1.82, 2.24) is 24.5 Å². The van der Waals surface area contributed by atoms with E-state index in [1.165, 1.54) is 0 Å². The molecule has 9 nitrogen and oxygen atoms in total. The van der Waals surface area contributed by atoms with Gasteiger partial charge in [-0.3, -0.25) is 0 Å². The fraction of sp³-hybridized carbons (Fsp3) is 0.500. The summed E-state index contributed by atoms with van der Waals surface area (Å²) in [4.78, 5) is 20.2. The van der Waals surface area contributed by atoms with Crippen LogP contribution in [-0.4, -0.2) is 55.9 Å². The van der Waals surface area contributed by atoms with Crippen molar-refractivity contribution in [2.24, 2.45) is 0 Å². The Bertz CT molecular complexity index is 980. The summed E-state index contributed by atoms with van der Waals surface area (Å²) >= 11 is 0. The van der Waals surface area contributed by atoms with Crippen molar-refractivity contribution in [3.63, 3.8) is 0 Å². The molecule has 0 atom stereocenters. The van der Waals surface area contributed by atoms with Gasteiger partial charge in [0.15, 0.2) is 0 Å². The standard InChI is InChI=1S/C20H27N7O2/c1-13(2)27-16-10-18(22-11-15(16)23-19(27)12-28)24-17-4-7-21-20(25-17)26-8-5-14(29-3)6-9-26/h4,7,10-11,13-14,28H,5-6,8-9,12H2,1-3H3,(H,21,22,24,25). The van der Waals surface area contributed by atoms with Crippen molar-refractivity contribution in [3.05, 3.63) is 30.4 Å². The molecule has 1 saturated heterocycles. The number of pyridine rings is 1. The van der Waals surface area contributed by atoms with Gasteiger partial charge in [0.2, 0.25) is 5.95 Å². The van der Waals surface area contributed by atoms with Crippen LogP contribution in [0.1, 0.15) is 38.6 Å². The third-order valence-corrected chi connectivity index (χ3v) is 5.26. The molecule has 1 fully saturated rings. The van der Waals surface area contributed by atoms with E-state index in [0.29, 0.717) is 29.5 Å². The molecule has 0 aromatic carbocycles. The topological polar surface area (TPSA) is 101 Å². The molecule has 4 heterocycles. The minimum Gasteiger partial charge on any atom is -0.388 e. The zero-order valence-corrected chi connectivity index (χ0v) is 17.0. The number of hydrogen-bond donors (Lipinski definition) is 2. The Kier molecular flexibility index (Phi) is 5.59. The number of nitrogens with one attached hydrogen (secondary N) is 1. The molecule has 1 aliphatic rings. The van der Waals surface area contributed by atoms with Gasteiger partial charge >= 0.3 is 0 Å². The minimum absolute atomic E-state index is 0.106. The maximum absolute atomic E-state index is 9.61. The molecule has 0 unspecified atom stereocenters. The first-order valence-corrected chi connectivity index (χ1v) is 9.94. The van der Waals surface area contributed by atoms with Crippen LogP contribution in [0.25, 0.3) is 11.0 Å². The lowest BCUT2D eigenvalue weighted by Gasteiger charge is -2.31. The average Bonchev–Trinajstić information content (AvgIpc) is 3.12. The number of imidazole rings is 1. The quantitative estimate of drug-likeness (QED) is 0.655. The molecule has 0 bridgehead atoms. The fourth-order valence-electron chi connectivity index (χ4n) is 3.80. The second-order valence-electron chi connectivity index (χ2n) is 7.50. The summed E-state index contributed by atoms with van der Waals surface area (Å²) in [5.41, 5.74) is 1.69. The molecule has 0 amide bonds. The van der Waals surface area contributed by atoms with Crippen LogP contribution in [0.2, 0.25) is 0 Å². The predicted octanol–water partition coefficient (Wildman–Crippen LogP) is 2.65. The molecule has 1 aliphatic heterocycles. The largest absolute Gasteiger partial charge is 0.388 e. The number of aliphatic hydroxyl groups excluding tert-OH is 1. The van der Waals surface area contributed by atoms with Crippen molar-refractivity contribution < 1.29 is 9.84 Å². The molecule has 0 spiro atoms. The predicted molar refractivity (Wildman–Crippen MR) is 111 cm³/mol. The van der Waals surface area contributed by atoms with E-state index in [4.69, 9.17) is 4.74 Å². The van der Waals surface area contributed by atoms with Crippen LogP contribution in [0, 0.1) is 0 Å². The van der Waals surface area contributed by atoms with Gasteiger partial charge in [0.25, 0.3) is 0 Å². The Morgan fingerprint density at radius 2 is 2.00 bits per heavy atom. The second kappa shape index (κ2) is 8.30. The Morgan fingerprint density at radius 3 is 2.69 bits per heavy atom. The highest BCUT2D eigenvalue weighted by Crippen LogP contribution is 2.25. The van der Waals surface area contributed by atoms with E-state index in [2.05, 4.69) is 44.0 Å². The van der Waals surface area contributed by atoms with Crippen LogP contribution >= 0.6 is 0 Å². The van der Waals surface area contributed by atoms with E-state index in [0.717, 1.165) is 37.0 Å². The molecular formula is C20H27N7O2. The Labute approximate surface area is 169 Å². The van der Waals surface area contributed by atoms with Gasteiger partial charge in [0.1, 0.15) is 29.6 Å². The Balaban J connectivity index is 1.56. The summed E-state index contributed by atoms with van der Waals surface area (Å²) in [5.74, 6) is 2.71. The van der Waals surface area contributed by atoms with Gasteiger partial charge in [-0.15, -0.1) is 0 Å². The van der Waals surface area contributed by atoms with Crippen molar-refractivity contribution in [1.29, 1.82) is 0 Å². The number of aromatic nitrogens is 5. The maximum Gasteiger partial charge on any atom is 0.227 e. The molecule has 2 N–H and O–H groups in total. The molecule has 3 aromatic heterocycles. The van der Waals surface area contributed by atoms with Gasteiger partial charge in [0.05, 0.1) is 17.8 Å². The number of hydrogen-bond acceptors (Lipinski definition) is 8. The molecule has 29 heavy (non-hydrogen) atoms. The highest BCUT2D eigenvalue weighted by Gasteiger charge is 2.21. The van der Waals surface area contributed by atoms with E-state index in [1.54, 1.807) is 19.5 Å². The van der Waals surface area contributed by atoms with Gasteiger partial charge in [0, 0.05) is 38.5 Å². The molecular weight excluding hydrogens is 370 g/mol. The van der Waals surface area contributed by atoms with E-state index >= 15 is 0 Å². The van der Waals surface area contributed by atoms with Crippen molar-refractivity contribution >= 4 is 28.6 Å². The number of piperidine rings is 1. The van der Waals surface area contributed by atoms with E-state index in [1.807, 2.05) is 16.7 Å². The number of anilines is 3. The summed E-state index contributed by atoms with van der Waals surface area (Å²) in [7, 11) is 1.76. The number of nitrogens with zero attached hydrogens (tertiary/aromatic N) is 6. The summed E-state index contributed by atoms with van der Waals surface area (Å²) < 4.78 is 7.46.